The number of aromatic nitrogens is 2. The van der Waals surface area contributed by atoms with Crippen molar-refractivity contribution in [3.05, 3.63) is 142 Å². The number of ketones is 1. The minimum atomic E-state index is -1.02. The van der Waals surface area contributed by atoms with Crippen molar-refractivity contribution in [1.82, 2.24) is 10.2 Å². The van der Waals surface area contributed by atoms with Crippen LogP contribution in [0.25, 0.3) is 5.76 Å². The van der Waals surface area contributed by atoms with Gasteiger partial charge in [0.25, 0.3) is 5.78 Å². The van der Waals surface area contributed by atoms with Crippen LogP contribution in [0.4, 0.5) is 9.52 Å². The number of ether oxygens (including phenoxy) is 1. The van der Waals surface area contributed by atoms with Gasteiger partial charge in [0, 0.05) is 11.3 Å². The third-order valence-electron chi connectivity index (χ3n) is 7.07. The van der Waals surface area contributed by atoms with E-state index in [4.69, 9.17) is 4.74 Å². The zero-order valence-corrected chi connectivity index (χ0v) is 25.1. The molecule has 1 aliphatic rings. The van der Waals surface area contributed by atoms with Crippen LogP contribution in [0, 0.1) is 12.7 Å². The third kappa shape index (κ3) is 6.27. The molecule has 1 atom stereocenters. The van der Waals surface area contributed by atoms with Crippen LogP contribution in [0.3, 0.4) is 0 Å². The van der Waals surface area contributed by atoms with Crippen molar-refractivity contribution in [3.63, 3.8) is 0 Å². The minimum absolute atomic E-state index is 0.133. The summed E-state index contributed by atoms with van der Waals surface area (Å²) in [6.07, 6.45) is 0. The van der Waals surface area contributed by atoms with Crippen molar-refractivity contribution in [1.29, 1.82) is 0 Å². The number of carbonyl (C=O) groups excluding carboxylic acids is 2. The van der Waals surface area contributed by atoms with Gasteiger partial charge < -0.3 is 9.84 Å². The maximum atomic E-state index is 13.7. The van der Waals surface area contributed by atoms with Gasteiger partial charge in [-0.1, -0.05) is 95.4 Å². The first-order valence-corrected chi connectivity index (χ1v) is 15.5. The largest absolute Gasteiger partial charge is 0.507 e. The summed E-state index contributed by atoms with van der Waals surface area (Å²) in [5.74, 6) is -1.46. The Labute approximate surface area is 261 Å². The Morgan fingerprint density at radius 1 is 0.932 bits per heavy atom. The number of aliphatic hydroxyl groups excluding tert-OH is 1. The first-order chi connectivity index (χ1) is 21.4. The van der Waals surface area contributed by atoms with E-state index in [9.17, 15) is 19.1 Å². The summed E-state index contributed by atoms with van der Waals surface area (Å²) in [7, 11) is 0. The van der Waals surface area contributed by atoms with Crippen molar-refractivity contribution in [2.45, 2.75) is 29.7 Å². The minimum Gasteiger partial charge on any atom is -0.507 e. The molecule has 220 valence electrons. The number of halogens is 1. The molecule has 0 radical (unpaired) electrons. The standard InChI is InChI=1S/C34H26FN3O4S2/c1-21-10-12-23(13-11-21)20-43-34-37-36-33(44-34)38-29(25-8-5-9-27(18-25)42-19-22-6-3-2-4-7-22)28(31(40)32(38)41)30(39)24-14-16-26(35)17-15-24/h2-18,29,39H,19-20H2,1H3/b30-28+. The molecule has 2 heterocycles. The van der Waals surface area contributed by atoms with Crippen LogP contribution in [0.5, 0.6) is 5.75 Å². The molecule has 1 unspecified atom stereocenters. The maximum absolute atomic E-state index is 13.7. The van der Waals surface area contributed by atoms with Gasteiger partial charge >= 0.3 is 5.91 Å². The van der Waals surface area contributed by atoms with Crippen molar-refractivity contribution in [2.75, 3.05) is 4.90 Å². The number of hydrogen-bond acceptors (Lipinski definition) is 8. The highest BCUT2D eigenvalue weighted by molar-refractivity contribution is 8.00. The summed E-state index contributed by atoms with van der Waals surface area (Å²) < 4.78 is 20.3. The molecule has 10 heteroatoms. The Balaban J connectivity index is 1.36. The maximum Gasteiger partial charge on any atom is 0.301 e. The van der Waals surface area contributed by atoms with Crippen molar-refractivity contribution in [2.24, 2.45) is 0 Å². The number of rotatable bonds is 9. The molecule has 7 nitrogen and oxygen atoms in total. The van der Waals surface area contributed by atoms with Gasteiger partial charge in [-0.05, 0) is 60.0 Å². The molecule has 1 N–H and O–H groups in total. The summed E-state index contributed by atoms with van der Waals surface area (Å²) in [4.78, 5) is 28.4. The third-order valence-corrected chi connectivity index (χ3v) is 9.20. The van der Waals surface area contributed by atoms with E-state index in [1.165, 1.54) is 57.8 Å². The molecule has 0 saturated carbocycles. The molecule has 1 aliphatic heterocycles. The van der Waals surface area contributed by atoms with Crippen LogP contribution in [-0.4, -0.2) is 27.0 Å². The second-order valence-corrected chi connectivity index (χ2v) is 12.3. The Morgan fingerprint density at radius 2 is 1.68 bits per heavy atom. The number of nitrogens with zero attached hydrogens (tertiary/aromatic N) is 3. The smallest absolute Gasteiger partial charge is 0.301 e. The van der Waals surface area contributed by atoms with Crippen molar-refractivity contribution >= 4 is 45.7 Å². The number of benzene rings is 4. The van der Waals surface area contributed by atoms with Crippen LogP contribution in [0.15, 0.2) is 113 Å². The second-order valence-electron chi connectivity index (χ2n) is 10.1. The molecule has 4 aromatic carbocycles. The highest BCUT2D eigenvalue weighted by Crippen LogP contribution is 2.44. The van der Waals surface area contributed by atoms with Crippen LogP contribution < -0.4 is 9.64 Å². The number of carbonyl (C=O) groups is 2. The van der Waals surface area contributed by atoms with E-state index in [1.807, 2.05) is 61.5 Å². The van der Waals surface area contributed by atoms with Crippen LogP contribution >= 0.6 is 23.1 Å². The molecule has 1 fully saturated rings. The average Bonchev–Trinajstić information content (AvgIpc) is 3.62. The zero-order valence-electron chi connectivity index (χ0n) is 23.5. The lowest BCUT2D eigenvalue weighted by Crippen LogP contribution is -2.29. The van der Waals surface area contributed by atoms with Gasteiger partial charge in [0.2, 0.25) is 5.13 Å². The number of hydrogen-bond donors (Lipinski definition) is 1. The summed E-state index contributed by atoms with van der Waals surface area (Å²) in [5.41, 5.74) is 3.86. The Bertz CT molecular complexity index is 1840. The average molecular weight is 624 g/mol. The predicted molar refractivity (Wildman–Crippen MR) is 169 cm³/mol. The zero-order chi connectivity index (χ0) is 30.6. The second kappa shape index (κ2) is 12.8. The fourth-order valence-electron chi connectivity index (χ4n) is 4.81. The fourth-order valence-corrected chi connectivity index (χ4v) is 6.63. The van der Waals surface area contributed by atoms with E-state index >= 15 is 0 Å². The van der Waals surface area contributed by atoms with Gasteiger partial charge in [-0.25, -0.2) is 4.39 Å². The van der Waals surface area contributed by atoms with Gasteiger partial charge in [-0.2, -0.15) is 0 Å². The van der Waals surface area contributed by atoms with Crippen LogP contribution in [-0.2, 0) is 21.9 Å². The summed E-state index contributed by atoms with van der Waals surface area (Å²) in [5, 5.41) is 20.1. The molecule has 1 amide bonds. The number of thioether (sulfide) groups is 1. The van der Waals surface area contributed by atoms with Gasteiger partial charge in [-0.15, -0.1) is 10.2 Å². The van der Waals surface area contributed by atoms with Gasteiger partial charge in [-0.3, -0.25) is 14.5 Å². The van der Waals surface area contributed by atoms with Gasteiger partial charge in [0.1, 0.15) is 23.9 Å². The Morgan fingerprint density at radius 3 is 2.43 bits per heavy atom. The molecule has 44 heavy (non-hydrogen) atoms. The van der Waals surface area contributed by atoms with Crippen molar-refractivity contribution in [3.8, 4) is 5.75 Å². The van der Waals surface area contributed by atoms with Crippen LogP contribution in [0.1, 0.15) is 33.9 Å². The molecular formula is C34H26FN3O4S2. The lowest BCUT2D eigenvalue weighted by Gasteiger charge is -2.23. The molecule has 5 aromatic rings. The monoisotopic (exact) mass is 623 g/mol. The predicted octanol–water partition coefficient (Wildman–Crippen LogP) is 7.48. The number of aliphatic hydroxyl groups is 1. The van der Waals surface area contributed by atoms with E-state index in [-0.39, 0.29) is 16.3 Å². The summed E-state index contributed by atoms with van der Waals surface area (Å²) >= 11 is 2.66. The Hall–Kier alpha value is -4.80. The van der Waals surface area contributed by atoms with Crippen molar-refractivity contribution < 1.29 is 23.8 Å². The van der Waals surface area contributed by atoms with E-state index in [0.29, 0.717) is 28.0 Å². The number of amides is 1. The van der Waals surface area contributed by atoms with E-state index < -0.39 is 29.3 Å². The number of anilines is 1. The van der Waals surface area contributed by atoms with E-state index in [2.05, 4.69) is 10.2 Å². The van der Waals surface area contributed by atoms with Crippen LogP contribution in [0.2, 0.25) is 0 Å². The molecule has 1 aromatic heterocycles. The normalized spacial score (nSPS) is 16.0. The fraction of sp³-hybridized carbons (Fsp3) is 0.118. The molecule has 0 spiro atoms. The number of aryl methyl sites for hydroxylation is 1. The van der Waals surface area contributed by atoms with E-state index in [1.54, 1.807) is 24.3 Å². The lowest BCUT2D eigenvalue weighted by atomic mass is 9.95. The van der Waals surface area contributed by atoms with E-state index in [0.717, 1.165) is 11.1 Å². The van der Waals surface area contributed by atoms with Gasteiger partial charge in [0.15, 0.2) is 4.34 Å². The summed E-state index contributed by atoms with van der Waals surface area (Å²) in [6, 6.07) is 28.9. The topological polar surface area (TPSA) is 92.6 Å². The molecule has 0 bridgehead atoms. The van der Waals surface area contributed by atoms with Gasteiger partial charge in [0.05, 0.1) is 11.6 Å². The quantitative estimate of drug-likeness (QED) is 0.0598. The first kappa shape index (κ1) is 29.3. The molecular weight excluding hydrogens is 598 g/mol. The first-order valence-electron chi connectivity index (χ1n) is 13.7. The highest BCUT2D eigenvalue weighted by atomic mass is 32.2. The lowest BCUT2D eigenvalue weighted by molar-refractivity contribution is -0.132. The Kier molecular flexibility index (Phi) is 8.53. The molecule has 0 aliphatic carbocycles. The summed E-state index contributed by atoms with van der Waals surface area (Å²) in [6.45, 7) is 2.35. The number of Topliss-reactive ketones (excluding diaryl/α,β-unsaturated/α-hetero) is 1. The molecule has 6 rings (SSSR count). The molecule has 1 saturated heterocycles. The SMILES string of the molecule is Cc1ccc(CSc2nnc(N3C(=O)C(=O)/C(=C(/O)c4ccc(F)cc4)C3c3cccc(OCc4ccccc4)c3)s2)cc1. The highest BCUT2D eigenvalue weighted by Gasteiger charge is 2.48.